The smallest absolute Gasteiger partial charge is 0.128 e. The van der Waals surface area contributed by atoms with Crippen molar-refractivity contribution in [2.45, 2.75) is 19.4 Å². The molecule has 1 aromatic carbocycles. The molecule has 0 saturated carbocycles. The van der Waals surface area contributed by atoms with Crippen molar-refractivity contribution in [3.63, 3.8) is 0 Å². The van der Waals surface area contributed by atoms with E-state index in [1.54, 1.807) is 7.05 Å². The van der Waals surface area contributed by atoms with Crippen molar-refractivity contribution in [2.75, 3.05) is 13.6 Å². The maximum atomic E-state index is 13.6. The summed E-state index contributed by atoms with van der Waals surface area (Å²) >= 11 is 0. The van der Waals surface area contributed by atoms with Gasteiger partial charge in [-0.05, 0) is 44.1 Å². The van der Waals surface area contributed by atoms with E-state index in [9.17, 15) is 8.78 Å². The van der Waals surface area contributed by atoms with Gasteiger partial charge in [0.25, 0.3) is 0 Å². The van der Waals surface area contributed by atoms with E-state index in [1.165, 1.54) is 6.07 Å². The molecule has 4 heteroatoms. The van der Waals surface area contributed by atoms with Crippen LogP contribution in [0, 0.1) is 17.6 Å². The van der Waals surface area contributed by atoms with Gasteiger partial charge in [-0.1, -0.05) is 6.92 Å². The molecule has 0 aliphatic rings. The third kappa shape index (κ3) is 3.00. The molecule has 0 bridgehead atoms. The van der Waals surface area contributed by atoms with Gasteiger partial charge in [0.2, 0.25) is 0 Å². The van der Waals surface area contributed by atoms with Crippen molar-refractivity contribution in [1.82, 2.24) is 5.32 Å². The maximum Gasteiger partial charge on any atom is 0.128 e. The predicted molar refractivity (Wildman–Crippen MR) is 61.0 cm³/mol. The fourth-order valence-corrected chi connectivity index (χ4v) is 1.93. The summed E-state index contributed by atoms with van der Waals surface area (Å²) in [5, 5.41) is 3.01. The normalized spacial score (nSPS) is 14.8. The molecule has 0 aromatic heterocycles. The SMILES string of the molecule is CNC(c1cc(F)ccc1F)C(C)CCN. The summed E-state index contributed by atoms with van der Waals surface area (Å²) in [7, 11) is 1.74. The third-order valence-corrected chi connectivity index (χ3v) is 2.80. The molecule has 2 atom stereocenters. The minimum atomic E-state index is -0.420. The minimum absolute atomic E-state index is 0.159. The number of benzene rings is 1. The second-order valence-corrected chi connectivity index (χ2v) is 3.99. The largest absolute Gasteiger partial charge is 0.330 e. The molecule has 1 rings (SSSR count). The van der Waals surface area contributed by atoms with E-state index in [-0.39, 0.29) is 17.8 Å². The summed E-state index contributed by atoms with van der Waals surface area (Å²) in [6.07, 6.45) is 0.765. The van der Waals surface area contributed by atoms with E-state index in [4.69, 9.17) is 5.73 Å². The van der Waals surface area contributed by atoms with Crippen LogP contribution in [0.5, 0.6) is 0 Å². The van der Waals surface area contributed by atoms with Crippen LogP contribution >= 0.6 is 0 Å². The predicted octanol–water partition coefficient (Wildman–Crippen LogP) is 2.21. The van der Waals surface area contributed by atoms with Gasteiger partial charge in [0.15, 0.2) is 0 Å². The number of hydrogen-bond donors (Lipinski definition) is 2. The number of hydrogen-bond acceptors (Lipinski definition) is 2. The van der Waals surface area contributed by atoms with Crippen molar-refractivity contribution in [3.05, 3.63) is 35.4 Å². The van der Waals surface area contributed by atoms with E-state index >= 15 is 0 Å². The lowest BCUT2D eigenvalue weighted by Crippen LogP contribution is -2.26. The Morgan fingerprint density at radius 3 is 2.62 bits per heavy atom. The Morgan fingerprint density at radius 2 is 2.06 bits per heavy atom. The molecule has 0 amide bonds. The first-order valence-electron chi connectivity index (χ1n) is 5.42. The molecule has 1 aromatic rings. The first kappa shape index (κ1) is 13.1. The van der Waals surface area contributed by atoms with Crippen LogP contribution in [-0.2, 0) is 0 Å². The number of halogens is 2. The highest BCUT2D eigenvalue weighted by atomic mass is 19.1. The standard InChI is InChI=1S/C12H18F2N2/c1-8(5-6-15)12(16-2)10-7-9(13)3-4-11(10)14/h3-4,7-8,12,16H,5-6,15H2,1-2H3. The van der Waals surface area contributed by atoms with Crippen molar-refractivity contribution in [3.8, 4) is 0 Å². The summed E-state index contributed by atoms with van der Waals surface area (Å²) < 4.78 is 26.6. The highest BCUT2D eigenvalue weighted by Gasteiger charge is 2.20. The number of nitrogens with two attached hydrogens (primary N) is 1. The molecule has 0 fully saturated rings. The summed E-state index contributed by atoms with van der Waals surface area (Å²) in [4.78, 5) is 0. The zero-order valence-electron chi connectivity index (χ0n) is 9.63. The third-order valence-electron chi connectivity index (χ3n) is 2.80. The van der Waals surface area contributed by atoms with Gasteiger partial charge in [-0.15, -0.1) is 0 Å². The van der Waals surface area contributed by atoms with Gasteiger partial charge < -0.3 is 11.1 Å². The van der Waals surface area contributed by atoms with Crippen molar-refractivity contribution in [1.29, 1.82) is 0 Å². The van der Waals surface area contributed by atoms with Crippen LogP contribution in [0.25, 0.3) is 0 Å². The Morgan fingerprint density at radius 1 is 1.38 bits per heavy atom. The molecule has 0 heterocycles. The second kappa shape index (κ2) is 5.92. The van der Waals surface area contributed by atoms with Gasteiger partial charge >= 0.3 is 0 Å². The van der Waals surface area contributed by atoms with Gasteiger partial charge in [0.05, 0.1) is 0 Å². The Balaban J connectivity index is 2.98. The Hall–Kier alpha value is -1.00. The quantitative estimate of drug-likeness (QED) is 0.811. The Bertz CT molecular complexity index is 342. The summed E-state index contributed by atoms with van der Waals surface area (Å²) in [6, 6.07) is 3.31. The lowest BCUT2D eigenvalue weighted by Gasteiger charge is -2.24. The summed E-state index contributed by atoms with van der Waals surface area (Å²) in [5.74, 6) is -0.646. The van der Waals surface area contributed by atoms with Gasteiger partial charge in [-0.3, -0.25) is 0 Å². The molecule has 2 unspecified atom stereocenters. The zero-order valence-corrected chi connectivity index (χ0v) is 9.63. The molecule has 0 aliphatic heterocycles. The Labute approximate surface area is 94.8 Å². The van der Waals surface area contributed by atoms with Gasteiger partial charge in [0.1, 0.15) is 11.6 Å². The maximum absolute atomic E-state index is 13.6. The van der Waals surface area contributed by atoms with E-state index in [1.807, 2.05) is 6.92 Å². The molecule has 0 spiro atoms. The lowest BCUT2D eigenvalue weighted by atomic mass is 9.91. The van der Waals surface area contributed by atoms with Gasteiger partial charge in [-0.2, -0.15) is 0 Å². The molecule has 0 radical (unpaired) electrons. The molecule has 16 heavy (non-hydrogen) atoms. The molecule has 2 nitrogen and oxygen atoms in total. The Kier molecular flexibility index (Phi) is 4.83. The van der Waals surface area contributed by atoms with Crippen molar-refractivity contribution < 1.29 is 8.78 Å². The highest BCUT2D eigenvalue weighted by Crippen LogP contribution is 2.26. The molecule has 0 saturated heterocycles. The monoisotopic (exact) mass is 228 g/mol. The van der Waals surface area contributed by atoms with Gasteiger partial charge in [-0.25, -0.2) is 8.78 Å². The second-order valence-electron chi connectivity index (χ2n) is 3.99. The van der Waals surface area contributed by atoms with E-state index in [2.05, 4.69) is 5.32 Å². The summed E-state index contributed by atoms with van der Waals surface area (Å²) in [6.45, 7) is 2.51. The molecule has 0 aliphatic carbocycles. The van der Waals surface area contributed by atoms with Crippen LogP contribution in [0.2, 0.25) is 0 Å². The van der Waals surface area contributed by atoms with Crippen LogP contribution in [-0.4, -0.2) is 13.6 Å². The van der Waals surface area contributed by atoms with E-state index in [0.717, 1.165) is 18.6 Å². The fraction of sp³-hybridized carbons (Fsp3) is 0.500. The molecule has 3 N–H and O–H groups in total. The number of rotatable bonds is 5. The highest BCUT2D eigenvalue weighted by molar-refractivity contribution is 5.22. The molecular weight excluding hydrogens is 210 g/mol. The average Bonchev–Trinajstić information content (AvgIpc) is 2.24. The minimum Gasteiger partial charge on any atom is -0.330 e. The van der Waals surface area contributed by atoms with E-state index in [0.29, 0.717) is 12.1 Å². The van der Waals surface area contributed by atoms with Crippen LogP contribution < -0.4 is 11.1 Å². The first-order chi connectivity index (χ1) is 7.60. The van der Waals surface area contributed by atoms with Crippen LogP contribution in [0.4, 0.5) is 8.78 Å². The summed E-state index contributed by atoms with van der Waals surface area (Å²) in [5.41, 5.74) is 5.84. The van der Waals surface area contributed by atoms with Crippen LogP contribution in [0.1, 0.15) is 24.9 Å². The zero-order chi connectivity index (χ0) is 12.1. The fourth-order valence-electron chi connectivity index (χ4n) is 1.93. The molecule has 90 valence electrons. The van der Waals surface area contributed by atoms with Crippen LogP contribution in [0.3, 0.4) is 0 Å². The van der Waals surface area contributed by atoms with Gasteiger partial charge in [0, 0.05) is 11.6 Å². The lowest BCUT2D eigenvalue weighted by molar-refractivity contribution is 0.378. The first-order valence-corrected chi connectivity index (χ1v) is 5.42. The van der Waals surface area contributed by atoms with Crippen molar-refractivity contribution >= 4 is 0 Å². The average molecular weight is 228 g/mol. The van der Waals surface area contributed by atoms with E-state index < -0.39 is 5.82 Å². The topological polar surface area (TPSA) is 38.0 Å². The van der Waals surface area contributed by atoms with Crippen molar-refractivity contribution in [2.24, 2.45) is 11.7 Å². The van der Waals surface area contributed by atoms with Crippen LogP contribution in [0.15, 0.2) is 18.2 Å². The number of nitrogens with one attached hydrogen (secondary N) is 1. The molecular formula is C12H18F2N2.